The Morgan fingerprint density at radius 3 is 1.33 bits per heavy atom. The molecule has 4 amide bonds. The second kappa shape index (κ2) is 18.4. The molecule has 0 fully saturated rings. The fourth-order valence-corrected chi connectivity index (χ4v) is 3.50. The van der Waals surface area contributed by atoms with Crippen molar-refractivity contribution >= 4 is 47.2 Å². The Kier molecular flexibility index (Phi) is 15.3. The van der Waals surface area contributed by atoms with Crippen LogP contribution >= 0.6 is 0 Å². The van der Waals surface area contributed by atoms with E-state index in [1.54, 1.807) is 0 Å². The monoisotopic (exact) mass is 596 g/mol. The number of anilines is 2. The fraction of sp³-hybridized carbons (Fsp3) is 0.545. The second-order valence-corrected chi connectivity index (χ2v) is 8.95. The van der Waals surface area contributed by atoms with Crippen LogP contribution in [0, 0.1) is 0 Å². The van der Waals surface area contributed by atoms with Gasteiger partial charge in [0.15, 0.2) is 23.0 Å². The van der Waals surface area contributed by atoms with E-state index in [0.29, 0.717) is 25.9 Å². The van der Waals surface area contributed by atoms with Gasteiger partial charge in [0.2, 0.25) is 11.8 Å². The summed E-state index contributed by atoms with van der Waals surface area (Å²) in [7, 11) is 0. The summed E-state index contributed by atoms with van der Waals surface area (Å²) in [6, 6.07) is -1.99. The van der Waals surface area contributed by atoms with Crippen molar-refractivity contribution in [2.75, 3.05) is 50.7 Å². The zero-order valence-electron chi connectivity index (χ0n) is 23.4. The number of rotatable bonds is 18. The van der Waals surface area contributed by atoms with E-state index >= 15 is 0 Å². The molecule has 0 bridgehead atoms. The lowest BCUT2D eigenvalue weighted by Gasteiger charge is -2.19. The van der Waals surface area contributed by atoms with Gasteiger partial charge in [0.05, 0.1) is 13.1 Å². The Morgan fingerprint density at radius 2 is 1.02 bits per heavy atom. The number of guanidine groups is 2. The van der Waals surface area contributed by atoms with Gasteiger partial charge in [0, 0.05) is 26.2 Å². The van der Waals surface area contributed by atoms with Crippen LogP contribution in [-0.2, 0) is 9.59 Å². The summed E-state index contributed by atoms with van der Waals surface area (Å²) in [5.74, 6) is -3.52. The predicted octanol–water partition coefficient (Wildman–Crippen LogP) is -9.74. The Labute approximate surface area is 242 Å². The molecule has 234 valence electrons. The highest BCUT2D eigenvalue weighted by Gasteiger charge is 2.27. The molecule has 0 aliphatic heterocycles. The molecule has 0 radical (unpaired) electrons. The topological polar surface area (TPSA) is 378 Å². The second-order valence-electron chi connectivity index (χ2n) is 8.95. The van der Waals surface area contributed by atoms with E-state index in [1.165, 1.54) is 0 Å². The van der Waals surface area contributed by atoms with E-state index in [-0.39, 0.29) is 50.9 Å². The predicted molar refractivity (Wildman–Crippen MR) is 154 cm³/mol. The van der Waals surface area contributed by atoms with Crippen molar-refractivity contribution < 1.29 is 29.2 Å². The minimum atomic E-state index is -0.996. The third-order valence-corrected chi connectivity index (χ3v) is 5.51. The summed E-state index contributed by atoms with van der Waals surface area (Å²) in [4.78, 5) is 64.5. The fourth-order valence-electron chi connectivity index (χ4n) is 3.50. The first-order chi connectivity index (χ1) is 19.9. The van der Waals surface area contributed by atoms with Gasteiger partial charge in [-0.1, -0.05) is 0 Å². The number of nitrogens with two attached hydrogens (primary N) is 8. The SMILES string of the molecule is NCCNC(=O)C(CCC[NH+]=C(N)N)NC(=O)c1nc(N)c(C(=O)NC(CCC[NH+]=C(N)N)C(=O)NCCN)nc1N. The van der Waals surface area contributed by atoms with Gasteiger partial charge in [-0.05, 0) is 25.7 Å². The standard InChI is InChI=1S/C22H42N16O4/c23-5-9-31-17(39)11(3-1-7-33-21(27)28)35-19(41)13-15(25)38-14(16(26)37-13)20(42)36-12(18(40)32-10-6-24)4-2-8-34-22(29)30/h11-12H,1-10,23-24H2,(H2,26,37)(H2,25,38)(H,31,39)(H,32,40)(H,35,41)(H,36,42)(H4,27,28,33)(H4,29,30,34)/p+2. The summed E-state index contributed by atoms with van der Waals surface area (Å²) < 4.78 is 0. The highest BCUT2D eigenvalue weighted by atomic mass is 16.2. The largest absolute Gasteiger partial charge is 0.382 e. The van der Waals surface area contributed by atoms with Crippen LogP contribution in [0.1, 0.15) is 46.7 Å². The quantitative estimate of drug-likeness (QED) is 0.0425. The van der Waals surface area contributed by atoms with Gasteiger partial charge in [-0.15, -0.1) is 0 Å². The molecule has 1 heterocycles. The molecule has 0 aromatic carbocycles. The van der Waals surface area contributed by atoms with Gasteiger partial charge in [-0.2, -0.15) is 0 Å². The van der Waals surface area contributed by atoms with Gasteiger partial charge in [-0.25, -0.2) is 9.97 Å². The van der Waals surface area contributed by atoms with Crippen molar-refractivity contribution in [1.29, 1.82) is 0 Å². The number of hydrogen-bond acceptors (Lipinski definition) is 10. The number of nitrogens with one attached hydrogen (secondary N) is 6. The molecule has 20 heteroatoms. The molecule has 1 aromatic rings. The average Bonchev–Trinajstić information content (AvgIpc) is 2.93. The van der Waals surface area contributed by atoms with E-state index < -0.39 is 58.7 Å². The molecule has 2 atom stereocenters. The number of carbonyl (C=O) groups excluding carboxylic acids is 4. The third kappa shape index (κ3) is 12.5. The number of amides is 4. The van der Waals surface area contributed by atoms with Crippen molar-refractivity contribution in [3.8, 4) is 0 Å². The highest BCUT2D eigenvalue weighted by molar-refractivity contribution is 6.03. The molecule has 0 spiro atoms. The third-order valence-electron chi connectivity index (χ3n) is 5.51. The van der Waals surface area contributed by atoms with Crippen LogP contribution in [0.3, 0.4) is 0 Å². The zero-order chi connectivity index (χ0) is 31.7. The molecule has 20 nitrogen and oxygen atoms in total. The molecule has 0 saturated carbocycles. The van der Waals surface area contributed by atoms with Crippen molar-refractivity contribution in [2.45, 2.75) is 37.8 Å². The molecule has 22 N–H and O–H groups in total. The minimum absolute atomic E-state index is 0.0146. The van der Waals surface area contributed by atoms with Crippen molar-refractivity contribution in [2.24, 2.45) is 34.4 Å². The van der Waals surface area contributed by atoms with E-state index in [9.17, 15) is 19.2 Å². The number of nitrogens with zero attached hydrogens (tertiary/aromatic N) is 2. The molecule has 0 saturated heterocycles. The first-order valence-electron chi connectivity index (χ1n) is 13.1. The van der Waals surface area contributed by atoms with Gasteiger partial charge >= 0.3 is 11.9 Å². The molecule has 0 aliphatic carbocycles. The number of aromatic nitrogens is 2. The first kappa shape index (κ1) is 35.0. The number of nitrogen functional groups attached to an aromatic ring is 2. The van der Waals surface area contributed by atoms with Gasteiger partial charge in [-0.3, -0.25) is 52.1 Å². The van der Waals surface area contributed by atoms with Crippen molar-refractivity contribution in [3.63, 3.8) is 0 Å². The van der Waals surface area contributed by atoms with Crippen molar-refractivity contribution in [3.05, 3.63) is 11.4 Å². The van der Waals surface area contributed by atoms with Crippen LogP contribution in [0.25, 0.3) is 0 Å². The maximum atomic E-state index is 13.0. The average molecular weight is 597 g/mol. The van der Waals surface area contributed by atoms with Gasteiger partial charge in [0.25, 0.3) is 11.8 Å². The Hall–Kier alpha value is -4.98. The minimum Gasteiger partial charge on any atom is -0.382 e. The molecular weight excluding hydrogens is 552 g/mol. The smallest absolute Gasteiger partial charge is 0.338 e. The normalized spacial score (nSPS) is 11.9. The van der Waals surface area contributed by atoms with E-state index in [4.69, 9.17) is 45.9 Å². The molecular formula is C22H44N16O4+2. The van der Waals surface area contributed by atoms with Crippen LogP contribution in [-0.4, -0.2) is 96.9 Å². The lowest BCUT2D eigenvalue weighted by molar-refractivity contribution is -0.460. The van der Waals surface area contributed by atoms with E-state index in [0.717, 1.165) is 0 Å². The van der Waals surface area contributed by atoms with Gasteiger partial charge in [0.1, 0.15) is 12.1 Å². The van der Waals surface area contributed by atoms with Crippen LogP contribution in [0.4, 0.5) is 11.6 Å². The van der Waals surface area contributed by atoms with E-state index in [1.807, 2.05) is 0 Å². The maximum Gasteiger partial charge on any atom is 0.338 e. The molecule has 2 unspecified atom stereocenters. The lowest BCUT2D eigenvalue weighted by atomic mass is 10.1. The molecule has 1 aromatic heterocycles. The lowest BCUT2D eigenvalue weighted by Crippen LogP contribution is -2.78. The van der Waals surface area contributed by atoms with Crippen LogP contribution < -0.4 is 77.1 Å². The summed E-state index contributed by atoms with van der Waals surface area (Å²) in [6.45, 7) is 1.45. The summed E-state index contributed by atoms with van der Waals surface area (Å²) in [5, 5.41) is 10.3. The van der Waals surface area contributed by atoms with Crippen molar-refractivity contribution in [1.82, 2.24) is 31.2 Å². The number of carbonyl (C=O) groups is 4. The zero-order valence-corrected chi connectivity index (χ0v) is 23.4. The van der Waals surface area contributed by atoms with Crippen LogP contribution in [0.15, 0.2) is 0 Å². The summed E-state index contributed by atoms with van der Waals surface area (Å²) in [5.41, 5.74) is 43.4. The van der Waals surface area contributed by atoms with Crippen LogP contribution in [0.2, 0.25) is 0 Å². The molecule has 1 rings (SSSR count). The summed E-state index contributed by atoms with van der Waals surface area (Å²) >= 11 is 0. The summed E-state index contributed by atoms with van der Waals surface area (Å²) in [6.07, 6.45) is 1.22. The molecule has 42 heavy (non-hydrogen) atoms. The Balaban J connectivity index is 3.08. The Bertz CT molecular complexity index is 1050. The highest BCUT2D eigenvalue weighted by Crippen LogP contribution is 2.14. The van der Waals surface area contributed by atoms with Crippen LogP contribution in [0.5, 0.6) is 0 Å². The Morgan fingerprint density at radius 1 is 0.667 bits per heavy atom. The maximum absolute atomic E-state index is 13.0. The van der Waals surface area contributed by atoms with Gasteiger partial charge < -0.3 is 44.2 Å². The van der Waals surface area contributed by atoms with E-state index in [2.05, 4.69) is 41.2 Å². The first-order valence-corrected chi connectivity index (χ1v) is 13.1. The number of hydrogen-bond donors (Lipinski definition) is 14. The molecule has 0 aliphatic rings.